The Morgan fingerprint density at radius 1 is 1.21 bits per heavy atom. The monoisotopic (exact) mass is 447 g/mol. The van der Waals surface area contributed by atoms with Crippen LogP contribution in [0.3, 0.4) is 0 Å². The molecular weight excluding hydrogens is 418 g/mol. The molecule has 3 rings (SSSR count). The minimum atomic E-state index is -0.902. The Morgan fingerprint density at radius 2 is 1.94 bits per heavy atom. The summed E-state index contributed by atoms with van der Waals surface area (Å²) in [6.07, 6.45) is 4.91. The van der Waals surface area contributed by atoms with Crippen molar-refractivity contribution in [3.05, 3.63) is 78.1 Å². The SMILES string of the molecule is C=CN=C/C(=C\N)C(=O)NC1(C(=O)NCc2ccc(Nc3ccc(OC)cc3C)cc2)CC1. The van der Waals surface area contributed by atoms with Gasteiger partial charge in [-0.25, -0.2) is 0 Å². The molecule has 0 bridgehead atoms. The van der Waals surface area contributed by atoms with Gasteiger partial charge in [0.25, 0.3) is 5.91 Å². The van der Waals surface area contributed by atoms with Crippen LogP contribution < -0.4 is 26.4 Å². The van der Waals surface area contributed by atoms with E-state index in [1.165, 1.54) is 12.4 Å². The van der Waals surface area contributed by atoms with E-state index in [0.717, 1.165) is 34.5 Å². The third kappa shape index (κ3) is 6.00. The summed E-state index contributed by atoms with van der Waals surface area (Å²) in [5, 5.41) is 9.06. The number of nitrogens with one attached hydrogen (secondary N) is 3. The largest absolute Gasteiger partial charge is 0.497 e. The summed E-state index contributed by atoms with van der Waals surface area (Å²) < 4.78 is 5.24. The highest BCUT2D eigenvalue weighted by molar-refractivity contribution is 6.13. The lowest BCUT2D eigenvalue weighted by molar-refractivity contribution is -0.128. The van der Waals surface area contributed by atoms with E-state index in [0.29, 0.717) is 19.4 Å². The molecule has 0 aliphatic heterocycles. The lowest BCUT2D eigenvalue weighted by Gasteiger charge is -2.17. The van der Waals surface area contributed by atoms with Crippen LogP contribution in [-0.4, -0.2) is 30.7 Å². The molecule has 1 fully saturated rings. The molecule has 1 aliphatic carbocycles. The molecule has 8 nitrogen and oxygen atoms in total. The first kappa shape index (κ1) is 23.6. The van der Waals surface area contributed by atoms with Gasteiger partial charge in [0.05, 0.1) is 12.7 Å². The van der Waals surface area contributed by atoms with Gasteiger partial charge in [-0.3, -0.25) is 14.6 Å². The summed E-state index contributed by atoms with van der Waals surface area (Å²) in [5.74, 6) is 0.151. The van der Waals surface area contributed by atoms with Gasteiger partial charge in [0.2, 0.25) is 5.91 Å². The van der Waals surface area contributed by atoms with Crippen LogP contribution in [0.2, 0.25) is 0 Å². The smallest absolute Gasteiger partial charge is 0.255 e. The molecule has 2 aromatic carbocycles. The fourth-order valence-electron chi connectivity index (χ4n) is 3.25. The number of carbonyl (C=O) groups is 2. The van der Waals surface area contributed by atoms with Crippen molar-refractivity contribution in [1.29, 1.82) is 0 Å². The lowest BCUT2D eigenvalue weighted by Crippen LogP contribution is -2.49. The van der Waals surface area contributed by atoms with Crippen molar-refractivity contribution in [3.8, 4) is 5.75 Å². The third-order valence-electron chi connectivity index (χ3n) is 5.42. The highest BCUT2D eigenvalue weighted by Crippen LogP contribution is 2.36. The number of methoxy groups -OCH3 is 1. The molecular formula is C25H29N5O3. The first-order valence-corrected chi connectivity index (χ1v) is 10.6. The molecule has 2 amide bonds. The zero-order valence-corrected chi connectivity index (χ0v) is 18.9. The van der Waals surface area contributed by atoms with E-state index in [2.05, 4.69) is 27.5 Å². The van der Waals surface area contributed by atoms with E-state index in [-0.39, 0.29) is 11.5 Å². The van der Waals surface area contributed by atoms with Gasteiger partial charge in [0, 0.05) is 36.5 Å². The van der Waals surface area contributed by atoms with Crippen LogP contribution in [0, 0.1) is 6.92 Å². The van der Waals surface area contributed by atoms with E-state index in [9.17, 15) is 9.59 Å². The van der Waals surface area contributed by atoms with Crippen molar-refractivity contribution in [3.63, 3.8) is 0 Å². The number of nitrogens with zero attached hydrogens (tertiary/aromatic N) is 1. The number of hydrogen-bond donors (Lipinski definition) is 4. The van der Waals surface area contributed by atoms with E-state index in [1.807, 2.05) is 49.4 Å². The zero-order valence-electron chi connectivity index (χ0n) is 18.9. The predicted octanol–water partition coefficient (Wildman–Crippen LogP) is 3.07. The van der Waals surface area contributed by atoms with Gasteiger partial charge in [-0.15, -0.1) is 0 Å². The summed E-state index contributed by atoms with van der Waals surface area (Å²) in [4.78, 5) is 28.9. The minimum Gasteiger partial charge on any atom is -0.497 e. The molecule has 0 spiro atoms. The molecule has 2 aromatic rings. The Morgan fingerprint density at radius 3 is 2.52 bits per heavy atom. The maximum atomic E-state index is 12.7. The van der Waals surface area contributed by atoms with Crippen molar-refractivity contribution < 1.29 is 14.3 Å². The second kappa shape index (κ2) is 10.5. The molecule has 1 aliphatic rings. The van der Waals surface area contributed by atoms with Gasteiger partial charge < -0.3 is 26.4 Å². The minimum absolute atomic E-state index is 0.171. The molecule has 5 N–H and O–H groups in total. The quantitative estimate of drug-likeness (QED) is 0.330. The average molecular weight is 448 g/mol. The molecule has 1 saturated carbocycles. The van der Waals surface area contributed by atoms with Crippen LogP contribution in [0.4, 0.5) is 11.4 Å². The number of ether oxygens (including phenoxy) is 1. The Kier molecular flexibility index (Phi) is 7.50. The van der Waals surface area contributed by atoms with Crippen LogP contribution in [0.5, 0.6) is 5.75 Å². The summed E-state index contributed by atoms with van der Waals surface area (Å²) in [6, 6.07) is 13.6. The standard InChI is InChI=1S/C25H29N5O3/c1-4-27-16-19(14-26)23(31)30-25(11-12-25)24(32)28-15-18-5-7-20(8-6-18)29-22-10-9-21(33-3)13-17(22)2/h4-10,13-14,16,29H,1,11-12,15,26H2,2-3H3,(H,28,32)(H,30,31)/b19-14+,27-16?. The molecule has 0 saturated heterocycles. The fraction of sp³-hybridized carbons (Fsp3) is 0.240. The highest BCUT2D eigenvalue weighted by Gasteiger charge is 2.51. The topological polar surface area (TPSA) is 118 Å². The van der Waals surface area contributed by atoms with Crippen molar-refractivity contribution in [1.82, 2.24) is 10.6 Å². The van der Waals surface area contributed by atoms with E-state index >= 15 is 0 Å². The Balaban J connectivity index is 1.54. The van der Waals surface area contributed by atoms with Gasteiger partial charge in [-0.05, 0) is 61.2 Å². The van der Waals surface area contributed by atoms with Gasteiger partial charge in [0.1, 0.15) is 11.3 Å². The zero-order chi connectivity index (χ0) is 23.8. The number of amides is 2. The fourth-order valence-corrected chi connectivity index (χ4v) is 3.25. The molecule has 0 radical (unpaired) electrons. The Bertz CT molecular complexity index is 1090. The van der Waals surface area contributed by atoms with Gasteiger partial charge in [-0.2, -0.15) is 0 Å². The molecule has 0 atom stereocenters. The maximum absolute atomic E-state index is 12.7. The van der Waals surface area contributed by atoms with Gasteiger partial charge >= 0.3 is 0 Å². The summed E-state index contributed by atoms with van der Waals surface area (Å²) in [5.41, 5.74) is 8.71. The van der Waals surface area contributed by atoms with Crippen molar-refractivity contribution >= 4 is 29.4 Å². The maximum Gasteiger partial charge on any atom is 0.255 e. The van der Waals surface area contributed by atoms with E-state index < -0.39 is 11.4 Å². The number of nitrogens with two attached hydrogens (primary N) is 1. The first-order chi connectivity index (χ1) is 15.9. The van der Waals surface area contributed by atoms with Gasteiger partial charge in [-0.1, -0.05) is 18.7 Å². The highest BCUT2D eigenvalue weighted by atomic mass is 16.5. The van der Waals surface area contributed by atoms with Gasteiger partial charge in [0.15, 0.2) is 0 Å². The number of carbonyl (C=O) groups excluding carboxylic acids is 2. The second-order valence-electron chi connectivity index (χ2n) is 7.80. The van der Waals surface area contributed by atoms with E-state index in [1.54, 1.807) is 7.11 Å². The Labute approximate surface area is 193 Å². The van der Waals surface area contributed by atoms with Crippen molar-refractivity contribution in [2.75, 3.05) is 12.4 Å². The number of benzene rings is 2. The summed E-state index contributed by atoms with van der Waals surface area (Å²) in [7, 11) is 1.64. The molecule has 0 unspecified atom stereocenters. The number of aliphatic imine (C=N–C) groups is 1. The normalized spacial score (nSPS) is 14.4. The van der Waals surface area contributed by atoms with Crippen LogP contribution >= 0.6 is 0 Å². The first-order valence-electron chi connectivity index (χ1n) is 10.6. The van der Waals surface area contributed by atoms with E-state index in [4.69, 9.17) is 10.5 Å². The molecule has 8 heteroatoms. The average Bonchev–Trinajstić information content (AvgIpc) is 3.60. The second-order valence-corrected chi connectivity index (χ2v) is 7.80. The lowest BCUT2D eigenvalue weighted by atomic mass is 10.1. The van der Waals surface area contributed by atoms with Crippen LogP contribution in [0.25, 0.3) is 0 Å². The third-order valence-corrected chi connectivity index (χ3v) is 5.42. The molecule has 0 aromatic heterocycles. The number of hydrogen-bond acceptors (Lipinski definition) is 6. The summed E-state index contributed by atoms with van der Waals surface area (Å²) >= 11 is 0. The number of anilines is 2. The van der Waals surface area contributed by atoms with Crippen LogP contribution in [0.15, 0.2) is 72.0 Å². The number of aryl methyl sites for hydroxylation is 1. The molecule has 33 heavy (non-hydrogen) atoms. The van der Waals surface area contributed by atoms with Crippen LogP contribution in [-0.2, 0) is 16.1 Å². The molecule has 172 valence electrons. The number of rotatable bonds is 10. The Hall–Kier alpha value is -4.07. The molecule has 0 heterocycles. The summed E-state index contributed by atoms with van der Waals surface area (Å²) in [6.45, 7) is 5.83. The van der Waals surface area contributed by atoms with Crippen molar-refractivity contribution in [2.24, 2.45) is 10.7 Å². The van der Waals surface area contributed by atoms with Crippen LogP contribution in [0.1, 0.15) is 24.0 Å². The van der Waals surface area contributed by atoms with Crippen molar-refractivity contribution in [2.45, 2.75) is 31.8 Å². The predicted molar refractivity (Wildman–Crippen MR) is 130 cm³/mol.